The highest BCUT2D eigenvalue weighted by atomic mass is 32.2. The molecule has 1 unspecified atom stereocenters. The zero-order valence-electron chi connectivity index (χ0n) is 24.7. The maximum absolute atomic E-state index is 13.3. The van der Waals surface area contributed by atoms with Gasteiger partial charge in [0, 0.05) is 55.4 Å². The van der Waals surface area contributed by atoms with Gasteiger partial charge in [0.15, 0.2) is 9.84 Å². The Balaban J connectivity index is 1.34. The van der Waals surface area contributed by atoms with Gasteiger partial charge in [0.2, 0.25) is 5.88 Å². The summed E-state index contributed by atoms with van der Waals surface area (Å²) in [4.78, 5) is 34.9. The minimum atomic E-state index is -3.72. The van der Waals surface area contributed by atoms with Crippen molar-refractivity contribution in [3.8, 4) is 5.88 Å². The van der Waals surface area contributed by atoms with Crippen LogP contribution in [0.5, 0.6) is 5.88 Å². The molecule has 7 rings (SSSR count). The van der Waals surface area contributed by atoms with E-state index in [9.17, 15) is 18.3 Å². The van der Waals surface area contributed by atoms with Gasteiger partial charge in [0.05, 0.1) is 34.2 Å². The van der Waals surface area contributed by atoms with Crippen LogP contribution in [0.25, 0.3) is 12.2 Å². The predicted molar refractivity (Wildman–Crippen MR) is 170 cm³/mol. The van der Waals surface area contributed by atoms with Crippen molar-refractivity contribution in [3.63, 3.8) is 0 Å². The van der Waals surface area contributed by atoms with Crippen molar-refractivity contribution in [3.05, 3.63) is 98.9 Å². The van der Waals surface area contributed by atoms with Crippen LogP contribution in [0.1, 0.15) is 30.8 Å². The van der Waals surface area contributed by atoms with Crippen molar-refractivity contribution in [1.82, 2.24) is 25.2 Å². The minimum absolute atomic E-state index is 0.0913. The lowest BCUT2D eigenvalue weighted by Crippen LogP contribution is -2.41. The number of aliphatic imine (C=N–C) groups is 2. The second-order valence-corrected chi connectivity index (χ2v) is 13.5. The highest BCUT2D eigenvalue weighted by Crippen LogP contribution is 2.38. The number of aryl methyl sites for hydroxylation is 1. The van der Waals surface area contributed by atoms with Crippen LogP contribution in [-0.4, -0.2) is 76.3 Å². The van der Waals surface area contributed by atoms with Crippen LogP contribution in [0, 0.1) is 6.92 Å². The molecule has 5 aliphatic rings. The van der Waals surface area contributed by atoms with Crippen LogP contribution in [0.3, 0.4) is 0 Å². The van der Waals surface area contributed by atoms with E-state index in [-0.39, 0.29) is 11.0 Å². The van der Waals surface area contributed by atoms with E-state index >= 15 is 0 Å². The van der Waals surface area contributed by atoms with Gasteiger partial charge in [-0.15, -0.1) is 0 Å². The number of carboxylic acid groups (broad SMARTS) is 1. The number of likely N-dealkylation sites (tertiary alicyclic amines) is 1. The number of fused-ring (bicyclic) bond motifs is 6. The maximum Gasteiger partial charge on any atom is 0.407 e. The molecule has 7 heterocycles. The molecule has 0 radical (unpaired) electrons. The molecule has 0 spiro atoms. The van der Waals surface area contributed by atoms with Gasteiger partial charge in [-0.1, -0.05) is 6.08 Å². The van der Waals surface area contributed by atoms with E-state index in [0.29, 0.717) is 66.9 Å². The molecular weight excluding hydrogens is 594 g/mol. The van der Waals surface area contributed by atoms with Gasteiger partial charge in [0.1, 0.15) is 22.4 Å². The first-order valence-electron chi connectivity index (χ1n) is 14.6. The Morgan fingerprint density at radius 2 is 1.80 bits per heavy atom. The normalized spacial score (nSPS) is 22.7. The number of hydrogen-bond donors (Lipinski definition) is 3. The lowest BCUT2D eigenvalue weighted by Gasteiger charge is -2.31. The van der Waals surface area contributed by atoms with E-state index in [1.807, 2.05) is 48.6 Å². The van der Waals surface area contributed by atoms with Crippen molar-refractivity contribution in [2.24, 2.45) is 9.98 Å². The third-order valence-corrected chi connectivity index (χ3v) is 9.35. The average Bonchev–Trinajstić information content (AvgIpc) is 3.79. The molecule has 13 heteroatoms. The molecule has 0 saturated carbocycles. The Morgan fingerprint density at radius 1 is 1.04 bits per heavy atom. The third kappa shape index (κ3) is 5.78. The van der Waals surface area contributed by atoms with Crippen LogP contribution < -0.4 is 20.8 Å². The number of hydrogen-bond acceptors (Lipinski definition) is 9. The average molecular weight is 626 g/mol. The summed E-state index contributed by atoms with van der Waals surface area (Å²) in [5.41, 5.74) is 2.50. The number of nitrogens with zero attached hydrogens (tertiary/aromatic N) is 5. The lowest BCUT2D eigenvalue weighted by molar-refractivity contribution is 0.0868. The number of sulfone groups is 1. The number of aromatic nitrogens is 3. The zero-order chi connectivity index (χ0) is 31.3. The monoisotopic (exact) mass is 625 g/mol. The van der Waals surface area contributed by atoms with Crippen molar-refractivity contribution < 1.29 is 23.1 Å². The molecule has 0 aromatic carbocycles. The van der Waals surface area contributed by atoms with Crippen molar-refractivity contribution in [1.29, 1.82) is 0 Å². The number of carbonyl (C=O) groups is 1. The third-order valence-electron chi connectivity index (χ3n) is 8.18. The first kappa shape index (κ1) is 28.7. The summed E-state index contributed by atoms with van der Waals surface area (Å²) in [6.07, 6.45) is 16.5. The van der Waals surface area contributed by atoms with Gasteiger partial charge in [0.25, 0.3) is 0 Å². The van der Waals surface area contributed by atoms with Crippen molar-refractivity contribution >= 4 is 39.5 Å². The molecule has 12 nitrogen and oxygen atoms in total. The number of H-pyrrole nitrogens is 1. The summed E-state index contributed by atoms with van der Waals surface area (Å²) < 4.78 is 32.8. The Kier molecular flexibility index (Phi) is 6.92. The first-order valence-corrected chi connectivity index (χ1v) is 16.5. The number of nitrogens with one attached hydrogen (secondary N) is 2. The topological polar surface area (TPSA) is 162 Å². The molecular formula is C32H31N7O5S. The molecule has 2 aromatic rings. The summed E-state index contributed by atoms with van der Waals surface area (Å²) >= 11 is 0. The fourth-order valence-electron chi connectivity index (χ4n) is 6.10. The fraction of sp³-hybridized carbons (Fsp3) is 0.281. The maximum atomic E-state index is 13.3. The van der Waals surface area contributed by atoms with Gasteiger partial charge in [-0.2, -0.15) is 4.98 Å². The summed E-state index contributed by atoms with van der Waals surface area (Å²) in [5, 5.41) is 14.5. The van der Waals surface area contributed by atoms with Crippen LogP contribution in [0.4, 0.5) is 4.79 Å². The number of aromatic amines is 1. The van der Waals surface area contributed by atoms with Gasteiger partial charge in [-0.25, -0.2) is 28.2 Å². The van der Waals surface area contributed by atoms with Crippen molar-refractivity contribution in [2.45, 2.75) is 37.8 Å². The summed E-state index contributed by atoms with van der Waals surface area (Å²) in [6, 6.07) is 5.68. The second-order valence-electron chi connectivity index (χ2n) is 11.6. The quantitative estimate of drug-likeness (QED) is 0.466. The Bertz CT molecular complexity index is 2080. The van der Waals surface area contributed by atoms with E-state index in [1.165, 1.54) is 11.2 Å². The Labute approximate surface area is 259 Å². The largest absolute Gasteiger partial charge is 0.474 e. The Morgan fingerprint density at radius 3 is 2.58 bits per heavy atom. The van der Waals surface area contributed by atoms with Gasteiger partial charge >= 0.3 is 6.09 Å². The molecule has 1 fully saturated rings. The first-order chi connectivity index (χ1) is 21.5. The molecule has 45 heavy (non-hydrogen) atoms. The molecule has 1 saturated heterocycles. The van der Waals surface area contributed by atoms with Gasteiger partial charge in [-0.3, -0.25) is 0 Å². The van der Waals surface area contributed by atoms with E-state index in [4.69, 9.17) is 9.72 Å². The van der Waals surface area contributed by atoms with E-state index in [2.05, 4.69) is 25.3 Å². The molecule has 1 atom stereocenters. The molecule has 3 N–H and O–H groups in total. The van der Waals surface area contributed by atoms with E-state index in [0.717, 1.165) is 22.1 Å². The predicted octanol–water partition coefficient (Wildman–Crippen LogP) is 2.14. The molecule has 230 valence electrons. The number of amides is 1. The van der Waals surface area contributed by atoms with Crippen molar-refractivity contribution in [2.75, 3.05) is 19.3 Å². The van der Waals surface area contributed by atoms with Gasteiger partial charge in [-0.05, 0) is 61.6 Å². The molecule has 2 aromatic heterocycles. The van der Waals surface area contributed by atoms with Crippen LogP contribution in [-0.2, 0) is 15.4 Å². The highest BCUT2D eigenvalue weighted by molar-refractivity contribution is 7.94. The molecule has 8 bridgehead atoms. The van der Waals surface area contributed by atoms with Crippen LogP contribution in [0.15, 0.2) is 86.6 Å². The molecule has 1 amide bonds. The number of allylic oxidation sites excluding steroid dienone is 5. The highest BCUT2D eigenvalue weighted by Gasteiger charge is 2.40. The fourth-order valence-corrected chi connectivity index (χ4v) is 7.13. The van der Waals surface area contributed by atoms with E-state index in [1.54, 1.807) is 25.1 Å². The summed E-state index contributed by atoms with van der Waals surface area (Å²) in [6.45, 7) is 2.55. The zero-order valence-corrected chi connectivity index (χ0v) is 25.5. The van der Waals surface area contributed by atoms with Gasteiger partial charge < -0.3 is 25.0 Å². The number of rotatable bonds is 4. The number of ether oxygens (including phenoxy) is 1. The minimum Gasteiger partial charge on any atom is -0.474 e. The lowest BCUT2D eigenvalue weighted by atomic mass is 9.92. The SMILES string of the molecule is Cc1nc(OC2CCN(C(=O)O)CC2)cc(C23C=c4ccc([nH]4)=CC4=NC(=CC5=NC(=C(S(C)(=O)=O)C(=CC2)N3)C=C5)C=C4)n1. The molecule has 0 aliphatic carbocycles. The molecule has 5 aliphatic heterocycles. The van der Waals surface area contributed by atoms with Crippen LogP contribution >= 0.6 is 0 Å². The number of piperidine rings is 1. The second kappa shape index (κ2) is 10.8. The standard InChI is InChI=1S/C32H31N7O5S/c1-19-33-28(17-29(34-19)44-25-10-13-39(14-11-25)31(40)41)32-12-9-27(38-32)30(45(2,42)43)26-8-7-23(37-26)16-21-4-3-20(35-21)15-22-5-6-24(18-32)36-22/h3-9,15-18,25,36,38H,10-14H2,1-2H3,(H,40,41). The summed E-state index contributed by atoms with van der Waals surface area (Å²) in [7, 11) is -3.72. The Hall–Kier alpha value is -5.04. The smallest absolute Gasteiger partial charge is 0.407 e. The van der Waals surface area contributed by atoms with E-state index < -0.39 is 21.5 Å². The summed E-state index contributed by atoms with van der Waals surface area (Å²) in [5.74, 6) is 0.861. The van der Waals surface area contributed by atoms with Crippen LogP contribution in [0.2, 0.25) is 0 Å².